The van der Waals surface area contributed by atoms with Gasteiger partial charge in [-0.3, -0.25) is 4.79 Å². The molecule has 2 aromatic rings. The number of carbonyl (C=O) groups excluding carboxylic acids is 1. The molecule has 98 valence electrons. The number of rotatable bonds is 2. The van der Waals surface area contributed by atoms with Gasteiger partial charge in [-0.1, -0.05) is 6.58 Å². The molecule has 0 aromatic carbocycles. The third-order valence-corrected chi connectivity index (χ3v) is 3.50. The molecular formula is C14H16N4O. The van der Waals surface area contributed by atoms with Crippen LogP contribution in [0.1, 0.15) is 0 Å². The highest BCUT2D eigenvalue weighted by atomic mass is 16.2. The lowest BCUT2D eigenvalue weighted by Crippen LogP contribution is -2.48. The number of carbonyl (C=O) groups is 1. The minimum Gasteiger partial charge on any atom is -0.367 e. The van der Waals surface area contributed by atoms with Gasteiger partial charge in [-0.05, 0) is 18.2 Å². The topological polar surface area (TPSA) is 40.9 Å². The van der Waals surface area contributed by atoms with E-state index in [1.165, 1.54) is 6.08 Å². The van der Waals surface area contributed by atoms with Crippen molar-refractivity contribution in [3.63, 3.8) is 0 Å². The zero-order valence-corrected chi connectivity index (χ0v) is 10.7. The van der Waals surface area contributed by atoms with E-state index in [2.05, 4.69) is 28.7 Å². The molecule has 19 heavy (non-hydrogen) atoms. The molecule has 0 N–H and O–H groups in total. The molecule has 0 aliphatic carbocycles. The van der Waals surface area contributed by atoms with Crippen LogP contribution in [0.4, 0.5) is 5.69 Å². The standard InChI is InChI=1S/C14H16N4O/c1-2-14(19)17-9-7-16(8-10-17)12-3-4-13-15-5-6-18(13)11-12/h2-6,11H,1,7-10H2. The molecule has 0 bridgehead atoms. The maximum absolute atomic E-state index is 11.5. The van der Waals surface area contributed by atoms with Crippen LogP contribution < -0.4 is 4.90 Å². The smallest absolute Gasteiger partial charge is 0.246 e. The molecule has 3 rings (SSSR count). The molecule has 2 aromatic heterocycles. The molecule has 1 aliphatic heterocycles. The first-order valence-corrected chi connectivity index (χ1v) is 6.37. The average Bonchev–Trinajstić information content (AvgIpc) is 2.94. The molecule has 0 spiro atoms. The molecule has 5 nitrogen and oxygen atoms in total. The second-order valence-corrected chi connectivity index (χ2v) is 4.60. The van der Waals surface area contributed by atoms with Crippen LogP contribution in [-0.2, 0) is 4.79 Å². The first-order valence-electron chi connectivity index (χ1n) is 6.37. The van der Waals surface area contributed by atoms with Gasteiger partial charge in [0.05, 0.1) is 5.69 Å². The largest absolute Gasteiger partial charge is 0.367 e. The van der Waals surface area contributed by atoms with Crippen LogP contribution >= 0.6 is 0 Å². The van der Waals surface area contributed by atoms with E-state index in [0.717, 1.165) is 37.5 Å². The summed E-state index contributed by atoms with van der Waals surface area (Å²) >= 11 is 0. The fraction of sp³-hybridized carbons (Fsp3) is 0.286. The van der Waals surface area contributed by atoms with Gasteiger partial charge in [-0.2, -0.15) is 0 Å². The van der Waals surface area contributed by atoms with Crippen LogP contribution in [-0.4, -0.2) is 46.4 Å². The number of aromatic nitrogens is 2. The van der Waals surface area contributed by atoms with E-state index in [9.17, 15) is 4.79 Å². The minimum absolute atomic E-state index is 0.0183. The predicted octanol–water partition coefficient (Wildman–Crippen LogP) is 1.17. The average molecular weight is 256 g/mol. The number of amides is 1. The summed E-state index contributed by atoms with van der Waals surface area (Å²) in [5.74, 6) is 0.0183. The number of hydrogen-bond donors (Lipinski definition) is 0. The van der Waals surface area contributed by atoms with Crippen molar-refractivity contribution < 1.29 is 4.79 Å². The van der Waals surface area contributed by atoms with Crippen LogP contribution in [0.2, 0.25) is 0 Å². The molecular weight excluding hydrogens is 240 g/mol. The van der Waals surface area contributed by atoms with Crippen molar-refractivity contribution in [1.82, 2.24) is 14.3 Å². The van der Waals surface area contributed by atoms with Crippen LogP contribution in [0.3, 0.4) is 0 Å². The lowest BCUT2D eigenvalue weighted by Gasteiger charge is -2.35. The highest BCUT2D eigenvalue weighted by molar-refractivity contribution is 5.87. The first-order chi connectivity index (χ1) is 9.28. The Balaban J connectivity index is 1.74. The number of pyridine rings is 1. The Kier molecular flexibility index (Phi) is 2.95. The van der Waals surface area contributed by atoms with Crippen LogP contribution in [0.25, 0.3) is 5.65 Å². The third-order valence-electron chi connectivity index (χ3n) is 3.50. The van der Waals surface area contributed by atoms with Crippen LogP contribution in [0.15, 0.2) is 43.4 Å². The highest BCUT2D eigenvalue weighted by Crippen LogP contribution is 2.17. The fourth-order valence-electron chi connectivity index (χ4n) is 2.41. The van der Waals surface area contributed by atoms with Gasteiger partial charge in [0.1, 0.15) is 5.65 Å². The summed E-state index contributed by atoms with van der Waals surface area (Å²) in [7, 11) is 0. The van der Waals surface area contributed by atoms with Crippen molar-refractivity contribution in [2.75, 3.05) is 31.1 Å². The maximum atomic E-state index is 11.5. The Morgan fingerprint density at radius 1 is 1.26 bits per heavy atom. The lowest BCUT2D eigenvalue weighted by atomic mass is 10.2. The van der Waals surface area contributed by atoms with Gasteiger partial charge < -0.3 is 14.2 Å². The van der Waals surface area contributed by atoms with Gasteiger partial charge in [-0.25, -0.2) is 4.98 Å². The lowest BCUT2D eigenvalue weighted by molar-refractivity contribution is -0.126. The molecule has 3 heterocycles. The number of imidazole rings is 1. The quantitative estimate of drug-likeness (QED) is 0.757. The number of anilines is 1. The van der Waals surface area contributed by atoms with Gasteiger partial charge in [0.15, 0.2) is 0 Å². The number of nitrogens with zero attached hydrogens (tertiary/aromatic N) is 4. The van der Waals surface area contributed by atoms with Gasteiger partial charge >= 0.3 is 0 Å². The van der Waals surface area contributed by atoms with E-state index in [4.69, 9.17) is 0 Å². The van der Waals surface area contributed by atoms with Crippen LogP contribution in [0.5, 0.6) is 0 Å². The normalized spacial score (nSPS) is 15.8. The molecule has 0 radical (unpaired) electrons. The van der Waals surface area contributed by atoms with E-state index in [-0.39, 0.29) is 5.91 Å². The summed E-state index contributed by atoms with van der Waals surface area (Å²) < 4.78 is 2.01. The predicted molar refractivity (Wildman–Crippen MR) is 74.2 cm³/mol. The maximum Gasteiger partial charge on any atom is 0.246 e. The highest BCUT2D eigenvalue weighted by Gasteiger charge is 2.19. The van der Waals surface area contributed by atoms with Gasteiger partial charge in [-0.15, -0.1) is 0 Å². The summed E-state index contributed by atoms with van der Waals surface area (Å²) in [6.07, 6.45) is 7.19. The minimum atomic E-state index is 0.0183. The first kappa shape index (κ1) is 11.8. The van der Waals surface area contributed by atoms with E-state index < -0.39 is 0 Å². The molecule has 0 atom stereocenters. The van der Waals surface area contributed by atoms with Crippen molar-refractivity contribution in [2.45, 2.75) is 0 Å². The number of fused-ring (bicyclic) bond motifs is 1. The molecule has 1 fully saturated rings. The van der Waals surface area contributed by atoms with E-state index in [1.807, 2.05) is 21.6 Å². The van der Waals surface area contributed by atoms with Crippen LogP contribution in [0, 0.1) is 0 Å². The van der Waals surface area contributed by atoms with Crippen molar-refractivity contribution in [3.05, 3.63) is 43.4 Å². The molecule has 0 unspecified atom stereocenters. The second-order valence-electron chi connectivity index (χ2n) is 4.60. The number of piperazine rings is 1. The van der Waals surface area contributed by atoms with Gasteiger partial charge in [0.2, 0.25) is 5.91 Å². The molecule has 1 saturated heterocycles. The zero-order valence-electron chi connectivity index (χ0n) is 10.7. The Morgan fingerprint density at radius 3 is 2.79 bits per heavy atom. The Morgan fingerprint density at radius 2 is 2.05 bits per heavy atom. The summed E-state index contributed by atoms with van der Waals surface area (Å²) in [6, 6.07) is 4.09. The summed E-state index contributed by atoms with van der Waals surface area (Å²) in [4.78, 5) is 19.9. The third kappa shape index (κ3) is 2.19. The summed E-state index contributed by atoms with van der Waals surface area (Å²) in [5, 5.41) is 0. The second kappa shape index (κ2) is 4.76. The molecule has 0 saturated carbocycles. The molecule has 1 aliphatic rings. The molecule has 1 amide bonds. The monoisotopic (exact) mass is 256 g/mol. The van der Waals surface area contributed by atoms with Gasteiger partial charge in [0, 0.05) is 44.8 Å². The number of hydrogen-bond acceptors (Lipinski definition) is 3. The zero-order chi connectivity index (χ0) is 13.2. The summed E-state index contributed by atoms with van der Waals surface area (Å²) in [5.41, 5.74) is 2.11. The Labute approximate surface area is 111 Å². The van der Waals surface area contributed by atoms with Crippen molar-refractivity contribution in [3.8, 4) is 0 Å². The SMILES string of the molecule is C=CC(=O)N1CCN(c2ccc3nccn3c2)CC1. The van der Waals surface area contributed by atoms with Crippen molar-refractivity contribution in [1.29, 1.82) is 0 Å². The van der Waals surface area contributed by atoms with E-state index in [1.54, 1.807) is 6.20 Å². The molecule has 5 heteroatoms. The summed E-state index contributed by atoms with van der Waals surface area (Å²) in [6.45, 7) is 6.71. The van der Waals surface area contributed by atoms with E-state index >= 15 is 0 Å². The fourth-order valence-corrected chi connectivity index (χ4v) is 2.41. The Bertz CT molecular complexity index is 611. The van der Waals surface area contributed by atoms with Crippen molar-refractivity contribution in [2.24, 2.45) is 0 Å². The Hall–Kier alpha value is -2.30. The van der Waals surface area contributed by atoms with Gasteiger partial charge in [0.25, 0.3) is 0 Å². The van der Waals surface area contributed by atoms with E-state index in [0.29, 0.717) is 0 Å². The van der Waals surface area contributed by atoms with Crippen molar-refractivity contribution >= 4 is 17.2 Å².